The summed E-state index contributed by atoms with van der Waals surface area (Å²) in [5.74, 6) is 1.03. The van der Waals surface area contributed by atoms with Crippen LogP contribution in [0.2, 0.25) is 0 Å². The van der Waals surface area contributed by atoms with Gasteiger partial charge in [-0.3, -0.25) is 10.1 Å². The summed E-state index contributed by atoms with van der Waals surface area (Å²) in [5, 5.41) is 11.1. The Morgan fingerprint density at radius 2 is 1.97 bits per heavy atom. The number of rotatable bonds is 8. The number of nitro benzene ring substituents is 1. The summed E-state index contributed by atoms with van der Waals surface area (Å²) < 4.78 is 33.9. The minimum atomic E-state index is -3.57. The van der Waals surface area contributed by atoms with Gasteiger partial charge in [0.05, 0.1) is 26.4 Å². The molecular formula is C20H24N4O5S. The molecule has 3 rings (SSSR count). The molecule has 0 amide bonds. The SMILES string of the molecule is CCCn1c(COc2cccc([N+](=O)[O-])c2C)nc2cc(S(=O)(=O)N(C)C)ccc21. The Balaban J connectivity index is 1.98. The molecule has 0 aliphatic carbocycles. The van der Waals surface area contributed by atoms with Gasteiger partial charge in [-0.25, -0.2) is 17.7 Å². The van der Waals surface area contributed by atoms with Crippen LogP contribution in [0, 0.1) is 17.0 Å². The van der Waals surface area contributed by atoms with Crippen LogP contribution in [0.1, 0.15) is 24.7 Å². The van der Waals surface area contributed by atoms with Gasteiger partial charge >= 0.3 is 0 Å². The van der Waals surface area contributed by atoms with Gasteiger partial charge in [-0.1, -0.05) is 13.0 Å². The smallest absolute Gasteiger partial charge is 0.276 e. The molecular weight excluding hydrogens is 408 g/mol. The standard InChI is InChI=1S/C20H24N4O5S/c1-5-11-23-18-10-9-15(30(27,28)22(3)4)12-16(18)21-20(23)13-29-19-8-6-7-17(14(19)2)24(25)26/h6-10,12H,5,11,13H2,1-4H3. The Hall–Kier alpha value is -2.98. The van der Waals surface area contributed by atoms with Crippen molar-refractivity contribution in [3.05, 3.63) is 57.9 Å². The molecule has 3 aromatic rings. The average molecular weight is 433 g/mol. The maximum absolute atomic E-state index is 12.4. The number of hydrogen-bond acceptors (Lipinski definition) is 6. The third-order valence-corrected chi connectivity index (χ3v) is 6.64. The molecule has 0 unspecified atom stereocenters. The Morgan fingerprint density at radius 1 is 1.23 bits per heavy atom. The van der Waals surface area contributed by atoms with Gasteiger partial charge < -0.3 is 9.30 Å². The molecule has 9 nitrogen and oxygen atoms in total. The normalized spacial score (nSPS) is 11.9. The zero-order chi connectivity index (χ0) is 22.1. The number of ether oxygens (including phenoxy) is 1. The molecule has 0 saturated carbocycles. The van der Waals surface area contributed by atoms with Crippen LogP contribution in [0.5, 0.6) is 5.75 Å². The molecule has 0 spiro atoms. The van der Waals surface area contributed by atoms with Crippen molar-refractivity contribution < 1.29 is 18.1 Å². The molecule has 0 fully saturated rings. The number of nitro groups is 1. The first-order chi connectivity index (χ1) is 14.2. The molecule has 0 saturated heterocycles. The Kier molecular flexibility index (Phi) is 6.09. The van der Waals surface area contributed by atoms with E-state index in [-0.39, 0.29) is 17.2 Å². The molecule has 0 bridgehead atoms. The predicted molar refractivity (Wildman–Crippen MR) is 113 cm³/mol. The third-order valence-electron chi connectivity index (χ3n) is 4.83. The van der Waals surface area contributed by atoms with Gasteiger partial charge in [-0.15, -0.1) is 0 Å². The number of sulfonamides is 1. The van der Waals surface area contributed by atoms with E-state index in [1.54, 1.807) is 37.3 Å². The fraction of sp³-hybridized carbons (Fsp3) is 0.350. The van der Waals surface area contributed by atoms with Crippen LogP contribution in [0.4, 0.5) is 5.69 Å². The van der Waals surface area contributed by atoms with E-state index in [0.29, 0.717) is 29.2 Å². The Labute approximate surface area is 175 Å². The molecule has 10 heteroatoms. The van der Waals surface area contributed by atoms with E-state index in [1.165, 1.54) is 20.2 Å². The lowest BCUT2D eigenvalue weighted by Crippen LogP contribution is -2.22. The maximum atomic E-state index is 12.4. The molecule has 2 aromatic carbocycles. The van der Waals surface area contributed by atoms with Gasteiger partial charge in [-0.2, -0.15) is 0 Å². The predicted octanol–water partition coefficient (Wildman–Crippen LogP) is 3.49. The van der Waals surface area contributed by atoms with Gasteiger partial charge in [0.2, 0.25) is 10.0 Å². The first kappa shape index (κ1) is 21.7. The lowest BCUT2D eigenvalue weighted by atomic mass is 10.2. The third kappa shape index (κ3) is 4.01. The summed E-state index contributed by atoms with van der Waals surface area (Å²) in [7, 11) is -0.605. The van der Waals surface area contributed by atoms with E-state index < -0.39 is 14.9 Å². The number of nitrogens with zero attached hydrogens (tertiary/aromatic N) is 4. The highest BCUT2D eigenvalue weighted by Crippen LogP contribution is 2.28. The zero-order valence-electron chi connectivity index (χ0n) is 17.3. The second-order valence-corrected chi connectivity index (χ2v) is 9.22. The van der Waals surface area contributed by atoms with E-state index in [1.807, 2.05) is 11.5 Å². The topological polar surface area (TPSA) is 108 Å². The quantitative estimate of drug-likeness (QED) is 0.398. The van der Waals surface area contributed by atoms with E-state index in [2.05, 4.69) is 4.98 Å². The fourth-order valence-corrected chi connectivity index (χ4v) is 4.14. The van der Waals surface area contributed by atoms with Crippen LogP contribution >= 0.6 is 0 Å². The van der Waals surface area contributed by atoms with E-state index in [4.69, 9.17) is 4.74 Å². The molecule has 160 valence electrons. The summed E-state index contributed by atoms with van der Waals surface area (Å²) in [6.45, 7) is 4.46. The maximum Gasteiger partial charge on any atom is 0.276 e. The molecule has 0 radical (unpaired) electrons. The van der Waals surface area contributed by atoms with Crippen molar-refractivity contribution in [1.82, 2.24) is 13.9 Å². The van der Waals surface area contributed by atoms with Gasteiger partial charge in [-0.05, 0) is 37.6 Å². The first-order valence-electron chi connectivity index (χ1n) is 9.45. The zero-order valence-corrected chi connectivity index (χ0v) is 18.1. The summed E-state index contributed by atoms with van der Waals surface area (Å²) in [6.07, 6.45) is 0.853. The highest BCUT2D eigenvalue weighted by molar-refractivity contribution is 7.89. The minimum absolute atomic E-state index is 0.00639. The molecule has 0 aliphatic rings. The van der Waals surface area contributed by atoms with Crippen molar-refractivity contribution in [1.29, 1.82) is 0 Å². The minimum Gasteiger partial charge on any atom is -0.485 e. The van der Waals surface area contributed by atoms with Crippen LogP contribution in [0.3, 0.4) is 0 Å². The van der Waals surface area contributed by atoms with Gasteiger partial charge in [0, 0.05) is 26.7 Å². The highest BCUT2D eigenvalue weighted by atomic mass is 32.2. The van der Waals surface area contributed by atoms with Crippen molar-refractivity contribution in [2.24, 2.45) is 0 Å². The van der Waals surface area contributed by atoms with Crippen LogP contribution < -0.4 is 4.74 Å². The lowest BCUT2D eigenvalue weighted by Gasteiger charge is -2.12. The van der Waals surface area contributed by atoms with Crippen LogP contribution in [-0.2, 0) is 23.2 Å². The van der Waals surface area contributed by atoms with E-state index in [0.717, 1.165) is 16.2 Å². The van der Waals surface area contributed by atoms with Crippen LogP contribution in [0.25, 0.3) is 11.0 Å². The molecule has 0 aliphatic heterocycles. The highest BCUT2D eigenvalue weighted by Gasteiger charge is 2.20. The van der Waals surface area contributed by atoms with Crippen molar-refractivity contribution >= 4 is 26.7 Å². The van der Waals surface area contributed by atoms with Crippen LogP contribution in [-0.4, -0.2) is 41.3 Å². The van der Waals surface area contributed by atoms with E-state index >= 15 is 0 Å². The summed E-state index contributed by atoms with van der Waals surface area (Å²) >= 11 is 0. The average Bonchev–Trinajstić information content (AvgIpc) is 3.04. The lowest BCUT2D eigenvalue weighted by molar-refractivity contribution is -0.385. The largest absolute Gasteiger partial charge is 0.485 e. The first-order valence-corrected chi connectivity index (χ1v) is 10.9. The van der Waals surface area contributed by atoms with Crippen LogP contribution in [0.15, 0.2) is 41.3 Å². The number of aromatic nitrogens is 2. The molecule has 0 N–H and O–H groups in total. The molecule has 1 heterocycles. The fourth-order valence-electron chi connectivity index (χ4n) is 3.21. The Bertz CT molecular complexity index is 1200. The summed E-state index contributed by atoms with van der Waals surface area (Å²) in [5.41, 5.74) is 1.80. The molecule has 0 atom stereocenters. The van der Waals surface area contributed by atoms with Crippen molar-refractivity contribution in [3.63, 3.8) is 0 Å². The summed E-state index contributed by atoms with van der Waals surface area (Å²) in [4.78, 5) is 15.5. The molecule has 30 heavy (non-hydrogen) atoms. The monoisotopic (exact) mass is 432 g/mol. The number of benzene rings is 2. The number of aryl methyl sites for hydroxylation is 1. The van der Waals surface area contributed by atoms with E-state index in [9.17, 15) is 18.5 Å². The van der Waals surface area contributed by atoms with Gasteiger partial charge in [0.15, 0.2) is 0 Å². The Morgan fingerprint density at radius 3 is 2.60 bits per heavy atom. The van der Waals surface area contributed by atoms with Crippen molar-refractivity contribution in [2.75, 3.05) is 14.1 Å². The summed E-state index contributed by atoms with van der Waals surface area (Å²) in [6, 6.07) is 9.56. The second kappa shape index (κ2) is 8.41. The van der Waals surface area contributed by atoms with Crippen molar-refractivity contribution in [3.8, 4) is 5.75 Å². The van der Waals surface area contributed by atoms with Gasteiger partial charge in [0.1, 0.15) is 18.2 Å². The number of fused-ring (bicyclic) bond motifs is 1. The second-order valence-electron chi connectivity index (χ2n) is 7.06. The van der Waals surface area contributed by atoms with Crippen molar-refractivity contribution in [2.45, 2.75) is 38.3 Å². The number of imidazole rings is 1. The van der Waals surface area contributed by atoms with Gasteiger partial charge in [0.25, 0.3) is 5.69 Å². The molecule has 1 aromatic heterocycles. The number of hydrogen-bond donors (Lipinski definition) is 0.